The van der Waals surface area contributed by atoms with Crippen molar-refractivity contribution in [1.82, 2.24) is 4.90 Å². The van der Waals surface area contributed by atoms with Crippen LogP contribution in [0.25, 0.3) is 11.1 Å². The molecule has 29 heavy (non-hydrogen) atoms. The number of nitrogens with zero attached hydrogens (tertiary/aromatic N) is 1. The minimum atomic E-state index is 0.841. The molecule has 0 N–H and O–H groups in total. The summed E-state index contributed by atoms with van der Waals surface area (Å²) in [7, 11) is 0. The molecule has 1 aliphatic heterocycles. The third-order valence-electron chi connectivity index (χ3n) is 6.27. The van der Waals surface area contributed by atoms with E-state index in [0.29, 0.717) is 0 Å². The fourth-order valence-corrected chi connectivity index (χ4v) is 5.35. The Labute approximate surface area is 188 Å². The van der Waals surface area contributed by atoms with Crippen LogP contribution in [-0.4, -0.2) is 24.5 Å². The second-order valence-electron chi connectivity index (χ2n) is 8.59. The number of aryl methyl sites for hydroxylation is 1. The van der Waals surface area contributed by atoms with E-state index in [4.69, 9.17) is 11.6 Å². The fourth-order valence-electron chi connectivity index (χ4n) is 4.70. The SMILES string of the molecule is C=C1C=C(c2ccc(Br)cc2CCCCN2CCC(C)C2)Cc2c(Cl)cccc21. The highest BCUT2D eigenvalue weighted by Gasteiger charge is 2.20. The molecule has 2 aromatic rings. The summed E-state index contributed by atoms with van der Waals surface area (Å²) < 4.78 is 1.15. The van der Waals surface area contributed by atoms with Crippen molar-refractivity contribution in [3.63, 3.8) is 0 Å². The number of allylic oxidation sites excluding steroid dienone is 3. The molecule has 3 heteroatoms. The van der Waals surface area contributed by atoms with Crippen LogP contribution in [0, 0.1) is 5.92 Å². The zero-order valence-corrected chi connectivity index (χ0v) is 19.5. The van der Waals surface area contributed by atoms with Gasteiger partial charge in [0.05, 0.1) is 0 Å². The second-order valence-corrected chi connectivity index (χ2v) is 9.91. The topological polar surface area (TPSA) is 3.24 Å². The molecular weight excluding hydrogens is 442 g/mol. The molecule has 1 atom stereocenters. The largest absolute Gasteiger partial charge is 0.303 e. The molecule has 2 aromatic carbocycles. The lowest BCUT2D eigenvalue weighted by atomic mass is 9.84. The van der Waals surface area contributed by atoms with Gasteiger partial charge in [-0.25, -0.2) is 0 Å². The van der Waals surface area contributed by atoms with Crippen LogP contribution >= 0.6 is 27.5 Å². The van der Waals surface area contributed by atoms with E-state index in [1.54, 1.807) is 0 Å². The molecule has 0 saturated carbocycles. The first-order valence-corrected chi connectivity index (χ1v) is 11.9. The molecule has 0 aromatic heterocycles. The predicted molar refractivity (Wildman–Crippen MR) is 129 cm³/mol. The van der Waals surface area contributed by atoms with Crippen LogP contribution in [0.3, 0.4) is 0 Å². The molecule has 1 heterocycles. The fraction of sp³-hybridized carbons (Fsp3) is 0.385. The molecule has 0 bridgehead atoms. The maximum atomic E-state index is 6.52. The Bertz CT molecular complexity index is 946. The average Bonchev–Trinajstić information content (AvgIpc) is 3.11. The summed E-state index contributed by atoms with van der Waals surface area (Å²) in [6.07, 6.45) is 8.07. The smallest absolute Gasteiger partial charge is 0.0447 e. The van der Waals surface area contributed by atoms with E-state index in [1.165, 1.54) is 66.7 Å². The predicted octanol–water partition coefficient (Wildman–Crippen LogP) is 7.42. The Kier molecular flexibility index (Phi) is 6.63. The maximum absolute atomic E-state index is 6.52. The van der Waals surface area contributed by atoms with Crippen LogP contribution in [0.15, 0.2) is 53.5 Å². The highest BCUT2D eigenvalue weighted by molar-refractivity contribution is 9.10. The summed E-state index contributed by atoms with van der Waals surface area (Å²) in [5, 5.41) is 0.841. The molecular formula is C26H29BrClN. The lowest BCUT2D eigenvalue weighted by molar-refractivity contribution is 0.320. The number of halogens is 2. The summed E-state index contributed by atoms with van der Waals surface area (Å²) in [6, 6.07) is 12.8. The number of fused-ring (bicyclic) bond motifs is 1. The molecule has 0 spiro atoms. The van der Waals surface area contributed by atoms with Gasteiger partial charge in [-0.1, -0.05) is 65.3 Å². The van der Waals surface area contributed by atoms with Crippen molar-refractivity contribution in [2.75, 3.05) is 19.6 Å². The van der Waals surface area contributed by atoms with Gasteiger partial charge in [0.25, 0.3) is 0 Å². The molecule has 1 nitrogen and oxygen atoms in total. The zero-order valence-electron chi connectivity index (χ0n) is 17.2. The van der Waals surface area contributed by atoms with Gasteiger partial charge in [0.2, 0.25) is 0 Å². The Morgan fingerprint density at radius 2 is 2.03 bits per heavy atom. The molecule has 0 amide bonds. The van der Waals surface area contributed by atoms with Crippen molar-refractivity contribution in [1.29, 1.82) is 0 Å². The van der Waals surface area contributed by atoms with E-state index >= 15 is 0 Å². The summed E-state index contributed by atoms with van der Waals surface area (Å²) in [5.41, 5.74) is 7.53. The highest BCUT2D eigenvalue weighted by Crippen LogP contribution is 2.38. The normalized spacial score (nSPS) is 19.3. The van der Waals surface area contributed by atoms with E-state index in [9.17, 15) is 0 Å². The molecule has 0 radical (unpaired) electrons. The first-order valence-electron chi connectivity index (χ1n) is 10.7. The number of rotatable bonds is 6. The van der Waals surface area contributed by atoms with Gasteiger partial charge in [-0.05, 0) is 96.3 Å². The quantitative estimate of drug-likeness (QED) is 0.397. The van der Waals surface area contributed by atoms with Gasteiger partial charge in [-0.3, -0.25) is 0 Å². The Morgan fingerprint density at radius 1 is 1.17 bits per heavy atom. The number of hydrogen-bond donors (Lipinski definition) is 0. The number of hydrogen-bond acceptors (Lipinski definition) is 1. The van der Waals surface area contributed by atoms with Crippen molar-refractivity contribution < 1.29 is 0 Å². The average molecular weight is 471 g/mol. The zero-order chi connectivity index (χ0) is 20.4. The minimum absolute atomic E-state index is 0.841. The van der Waals surface area contributed by atoms with Gasteiger partial charge in [-0.15, -0.1) is 0 Å². The van der Waals surface area contributed by atoms with Crippen molar-refractivity contribution in [3.8, 4) is 0 Å². The molecule has 2 aliphatic rings. The third-order valence-corrected chi connectivity index (χ3v) is 7.12. The van der Waals surface area contributed by atoms with Crippen LogP contribution < -0.4 is 0 Å². The van der Waals surface area contributed by atoms with Gasteiger partial charge in [-0.2, -0.15) is 0 Å². The van der Waals surface area contributed by atoms with E-state index in [2.05, 4.69) is 64.7 Å². The first kappa shape index (κ1) is 20.9. The lowest BCUT2D eigenvalue weighted by Crippen LogP contribution is -2.21. The molecule has 4 rings (SSSR count). The summed E-state index contributed by atoms with van der Waals surface area (Å²) in [5.74, 6) is 0.868. The summed E-state index contributed by atoms with van der Waals surface area (Å²) in [4.78, 5) is 2.62. The highest BCUT2D eigenvalue weighted by atomic mass is 79.9. The molecule has 1 unspecified atom stereocenters. The summed E-state index contributed by atoms with van der Waals surface area (Å²) in [6.45, 7) is 10.4. The van der Waals surface area contributed by atoms with Gasteiger partial charge >= 0.3 is 0 Å². The Hall–Kier alpha value is -1.35. The van der Waals surface area contributed by atoms with Crippen LogP contribution in [0.4, 0.5) is 0 Å². The lowest BCUT2D eigenvalue weighted by Gasteiger charge is -2.22. The van der Waals surface area contributed by atoms with Crippen molar-refractivity contribution in [3.05, 3.63) is 80.8 Å². The van der Waals surface area contributed by atoms with Crippen molar-refractivity contribution >= 4 is 38.7 Å². The Balaban J connectivity index is 1.48. The van der Waals surface area contributed by atoms with Crippen LogP contribution in [0.1, 0.15) is 48.4 Å². The molecule has 1 saturated heterocycles. The monoisotopic (exact) mass is 469 g/mol. The van der Waals surface area contributed by atoms with Crippen molar-refractivity contribution in [2.45, 2.75) is 39.0 Å². The number of likely N-dealkylation sites (tertiary alicyclic amines) is 1. The van der Waals surface area contributed by atoms with Gasteiger partial charge in [0, 0.05) is 22.5 Å². The standard InChI is InChI=1S/C26H29BrClN/c1-18-11-13-29(17-18)12-4-3-6-20-15-22(27)9-10-24(20)21-14-19(2)23-7-5-8-26(28)25(23)16-21/h5,7-10,14-15,18H,2-4,6,11-13,16-17H2,1H3. The number of unbranched alkanes of at least 4 members (excludes halogenated alkanes) is 1. The number of benzene rings is 2. The van der Waals surface area contributed by atoms with Gasteiger partial charge in [0.1, 0.15) is 0 Å². The van der Waals surface area contributed by atoms with E-state index < -0.39 is 0 Å². The van der Waals surface area contributed by atoms with Crippen LogP contribution in [-0.2, 0) is 12.8 Å². The van der Waals surface area contributed by atoms with Crippen LogP contribution in [0.5, 0.6) is 0 Å². The minimum Gasteiger partial charge on any atom is -0.303 e. The Morgan fingerprint density at radius 3 is 2.83 bits per heavy atom. The maximum Gasteiger partial charge on any atom is 0.0447 e. The summed E-state index contributed by atoms with van der Waals surface area (Å²) >= 11 is 10.2. The molecule has 152 valence electrons. The first-order chi connectivity index (χ1) is 14.0. The van der Waals surface area contributed by atoms with E-state index in [0.717, 1.165) is 33.8 Å². The van der Waals surface area contributed by atoms with Gasteiger partial charge in [0.15, 0.2) is 0 Å². The third kappa shape index (κ3) is 4.87. The molecule has 1 aliphatic carbocycles. The van der Waals surface area contributed by atoms with Crippen LogP contribution in [0.2, 0.25) is 5.02 Å². The van der Waals surface area contributed by atoms with E-state index in [-0.39, 0.29) is 0 Å². The van der Waals surface area contributed by atoms with Crippen molar-refractivity contribution in [2.24, 2.45) is 5.92 Å². The van der Waals surface area contributed by atoms with Gasteiger partial charge < -0.3 is 4.90 Å². The van der Waals surface area contributed by atoms with E-state index in [1.807, 2.05) is 12.1 Å². The second kappa shape index (κ2) is 9.20. The molecule has 1 fully saturated rings.